The van der Waals surface area contributed by atoms with Gasteiger partial charge in [0.15, 0.2) is 0 Å². The molecule has 2 saturated heterocycles. The maximum absolute atomic E-state index is 11.8. The minimum Gasteiger partial charge on any atom is -0.394 e. The highest BCUT2D eigenvalue weighted by atomic mass is 16.3. The Morgan fingerprint density at radius 3 is 3.06 bits per heavy atom. The molecule has 0 aromatic carbocycles. The van der Waals surface area contributed by atoms with Gasteiger partial charge in [-0.3, -0.25) is 4.79 Å². The average molecular weight is 228 g/mol. The molecule has 2 aliphatic heterocycles. The monoisotopic (exact) mass is 228 g/mol. The molecule has 0 radical (unpaired) electrons. The van der Waals surface area contributed by atoms with E-state index in [4.69, 9.17) is 5.11 Å². The summed E-state index contributed by atoms with van der Waals surface area (Å²) in [7, 11) is 0. The van der Waals surface area contributed by atoms with Crippen LogP contribution in [-0.2, 0) is 4.79 Å². The Balaban J connectivity index is 2.03. The lowest BCUT2D eigenvalue weighted by Crippen LogP contribution is -2.56. The van der Waals surface area contributed by atoms with Gasteiger partial charge in [0.05, 0.1) is 12.7 Å². The van der Waals surface area contributed by atoms with Crippen LogP contribution in [0.15, 0.2) is 0 Å². The summed E-state index contributed by atoms with van der Waals surface area (Å²) in [5.41, 5.74) is 0. The Morgan fingerprint density at radius 2 is 2.31 bits per heavy atom. The highest BCUT2D eigenvalue weighted by molar-refractivity contribution is 5.77. The predicted molar refractivity (Wildman–Crippen MR) is 58.8 cm³/mol. The van der Waals surface area contributed by atoms with Gasteiger partial charge < -0.3 is 20.4 Å². The fourth-order valence-corrected chi connectivity index (χ4v) is 2.77. The van der Waals surface area contributed by atoms with Gasteiger partial charge in [-0.15, -0.1) is 0 Å². The van der Waals surface area contributed by atoms with Gasteiger partial charge >= 0.3 is 0 Å². The molecule has 3 N–H and O–H groups in total. The quantitative estimate of drug-likeness (QED) is 0.576. The number of aliphatic hydroxyl groups is 2. The van der Waals surface area contributed by atoms with Crippen LogP contribution in [0.2, 0.25) is 0 Å². The molecule has 92 valence electrons. The zero-order valence-corrected chi connectivity index (χ0v) is 9.43. The Kier molecular flexibility index (Phi) is 3.78. The van der Waals surface area contributed by atoms with E-state index in [2.05, 4.69) is 5.32 Å². The maximum atomic E-state index is 11.8. The lowest BCUT2D eigenvalue weighted by atomic mass is 9.84. The van der Waals surface area contributed by atoms with E-state index in [9.17, 15) is 9.90 Å². The average Bonchev–Trinajstić information content (AvgIpc) is 2.32. The molecule has 16 heavy (non-hydrogen) atoms. The molecule has 0 spiro atoms. The van der Waals surface area contributed by atoms with Crippen molar-refractivity contribution in [1.29, 1.82) is 0 Å². The summed E-state index contributed by atoms with van der Waals surface area (Å²) >= 11 is 0. The SMILES string of the molecule is O=C1CCC2CNCCC2N1CC(O)CO. The molecule has 3 atom stereocenters. The number of likely N-dealkylation sites (tertiary alicyclic amines) is 1. The van der Waals surface area contributed by atoms with Crippen molar-refractivity contribution in [1.82, 2.24) is 10.2 Å². The van der Waals surface area contributed by atoms with Crippen LogP contribution in [0.25, 0.3) is 0 Å². The number of amides is 1. The summed E-state index contributed by atoms with van der Waals surface area (Å²) in [6, 6.07) is 0.253. The number of carbonyl (C=O) groups excluding carboxylic acids is 1. The molecule has 2 rings (SSSR count). The molecule has 0 aromatic rings. The lowest BCUT2D eigenvalue weighted by molar-refractivity contribution is -0.142. The van der Waals surface area contributed by atoms with E-state index in [0.29, 0.717) is 12.3 Å². The van der Waals surface area contributed by atoms with Gasteiger partial charge in [-0.1, -0.05) is 0 Å². The molecule has 5 heteroatoms. The molecule has 5 nitrogen and oxygen atoms in total. The fraction of sp³-hybridized carbons (Fsp3) is 0.909. The molecule has 3 unspecified atom stereocenters. The van der Waals surface area contributed by atoms with Crippen molar-refractivity contribution in [3.05, 3.63) is 0 Å². The topological polar surface area (TPSA) is 72.8 Å². The molecule has 1 amide bonds. The largest absolute Gasteiger partial charge is 0.394 e. The van der Waals surface area contributed by atoms with Crippen molar-refractivity contribution in [2.24, 2.45) is 5.92 Å². The van der Waals surface area contributed by atoms with Crippen molar-refractivity contribution >= 4 is 5.91 Å². The Morgan fingerprint density at radius 1 is 1.50 bits per heavy atom. The molecule has 0 saturated carbocycles. The van der Waals surface area contributed by atoms with Gasteiger partial charge in [0.25, 0.3) is 0 Å². The van der Waals surface area contributed by atoms with E-state index in [1.54, 1.807) is 4.90 Å². The number of carbonyl (C=O) groups is 1. The Labute approximate surface area is 95.4 Å². The van der Waals surface area contributed by atoms with Crippen molar-refractivity contribution in [2.45, 2.75) is 31.4 Å². The van der Waals surface area contributed by atoms with Crippen molar-refractivity contribution in [3.8, 4) is 0 Å². The van der Waals surface area contributed by atoms with Crippen LogP contribution in [0.1, 0.15) is 19.3 Å². The van der Waals surface area contributed by atoms with Crippen LogP contribution in [0.5, 0.6) is 0 Å². The van der Waals surface area contributed by atoms with Crippen molar-refractivity contribution < 1.29 is 15.0 Å². The van der Waals surface area contributed by atoms with E-state index >= 15 is 0 Å². The molecular formula is C11H20N2O3. The second kappa shape index (κ2) is 5.12. The molecule has 2 heterocycles. The third-order valence-electron chi connectivity index (χ3n) is 3.64. The van der Waals surface area contributed by atoms with Crippen LogP contribution in [0.3, 0.4) is 0 Å². The van der Waals surface area contributed by atoms with Crippen LogP contribution >= 0.6 is 0 Å². The molecule has 0 aliphatic carbocycles. The molecular weight excluding hydrogens is 208 g/mol. The number of nitrogens with one attached hydrogen (secondary N) is 1. The number of piperidine rings is 2. The minimum atomic E-state index is -0.808. The second-order valence-electron chi connectivity index (χ2n) is 4.74. The number of hydrogen-bond acceptors (Lipinski definition) is 4. The van der Waals surface area contributed by atoms with Gasteiger partial charge in [0, 0.05) is 19.0 Å². The van der Waals surface area contributed by atoms with Gasteiger partial charge in [-0.25, -0.2) is 0 Å². The van der Waals surface area contributed by atoms with E-state index < -0.39 is 6.10 Å². The summed E-state index contributed by atoms with van der Waals surface area (Å²) in [6.45, 7) is 1.89. The summed E-state index contributed by atoms with van der Waals surface area (Å²) in [4.78, 5) is 13.6. The van der Waals surface area contributed by atoms with Crippen LogP contribution in [0, 0.1) is 5.92 Å². The fourth-order valence-electron chi connectivity index (χ4n) is 2.77. The summed E-state index contributed by atoms with van der Waals surface area (Å²) in [5, 5.41) is 21.6. The Hall–Kier alpha value is -0.650. The van der Waals surface area contributed by atoms with Crippen LogP contribution in [0.4, 0.5) is 0 Å². The normalized spacial score (nSPS) is 32.4. The first-order valence-corrected chi connectivity index (χ1v) is 6.01. The van der Waals surface area contributed by atoms with Gasteiger partial charge in [-0.05, 0) is 31.8 Å². The number of rotatable bonds is 3. The standard InChI is InChI=1S/C11H20N2O3/c14-7-9(15)6-13-10-3-4-12-5-8(10)1-2-11(13)16/h8-10,12,14-15H,1-7H2. The number of aliphatic hydroxyl groups excluding tert-OH is 2. The van der Waals surface area contributed by atoms with Gasteiger partial charge in [-0.2, -0.15) is 0 Å². The van der Waals surface area contributed by atoms with E-state index in [0.717, 1.165) is 25.9 Å². The van der Waals surface area contributed by atoms with E-state index in [-0.39, 0.29) is 25.1 Å². The van der Waals surface area contributed by atoms with E-state index in [1.807, 2.05) is 0 Å². The second-order valence-corrected chi connectivity index (χ2v) is 4.74. The zero-order valence-electron chi connectivity index (χ0n) is 9.43. The molecule has 0 aromatic heterocycles. The number of nitrogens with zero attached hydrogens (tertiary/aromatic N) is 1. The summed E-state index contributed by atoms with van der Waals surface area (Å²) in [6.07, 6.45) is 1.66. The van der Waals surface area contributed by atoms with Crippen molar-refractivity contribution in [3.63, 3.8) is 0 Å². The van der Waals surface area contributed by atoms with Crippen LogP contribution in [-0.4, -0.2) is 59.4 Å². The van der Waals surface area contributed by atoms with Crippen LogP contribution < -0.4 is 5.32 Å². The summed E-state index contributed by atoms with van der Waals surface area (Å²) in [5.74, 6) is 0.632. The first-order valence-electron chi connectivity index (χ1n) is 6.01. The zero-order chi connectivity index (χ0) is 11.5. The minimum absolute atomic E-state index is 0.121. The highest BCUT2D eigenvalue weighted by Crippen LogP contribution is 2.28. The lowest BCUT2D eigenvalue weighted by Gasteiger charge is -2.44. The number of fused-ring (bicyclic) bond motifs is 1. The number of hydrogen-bond donors (Lipinski definition) is 3. The first-order chi connectivity index (χ1) is 7.72. The predicted octanol–water partition coefficient (Wildman–Crippen LogP) is -1.06. The molecule has 2 fully saturated rings. The van der Waals surface area contributed by atoms with Crippen molar-refractivity contribution in [2.75, 3.05) is 26.2 Å². The maximum Gasteiger partial charge on any atom is 0.222 e. The third-order valence-corrected chi connectivity index (χ3v) is 3.64. The smallest absolute Gasteiger partial charge is 0.222 e. The van der Waals surface area contributed by atoms with Gasteiger partial charge in [0.1, 0.15) is 0 Å². The number of β-amino-alcohol motifs (C(OH)–C–C–N with tert-alkyl or cyclic N) is 1. The third kappa shape index (κ3) is 2.36. The van der Waals surface area contributed by atoms with Gasteiger partial charge in [0.2, 0.25) is 5.91 Å². The molecule has 2 aliphatic rings. The summed E-state index contributed by atoms with van der Waals surface area (Å²) < 4.78 is 0. The first kappa shape index (κ1) is 11.8. The Bertz CT molecular complexity index is 260. The highest BCUT2D eigenvalue weighted by Gasteiger charge is 2.37. The van der Waals surface area contributed by atoms with E-state index in [1.165, 1.54) is 0 Å². The molecule has 0 bridgehead atoms.